The smallest absolute Gasteiger partial charge is 0.238 e. The molecule has 2 heterocycles. The molecule has 4 nitrogen and oxygen atoms in total. The normalized spacial score (nSPS) is 13.4. The standard InChI is InChI=1S/C40H28N4/c1-40(2)32-22-21-25-13-9-10-18-28(25)36(32)31-23-30-29-19-11-12-20-34(29)44(35(30)24-33(31)40)39-42-37(26-14-5-3-6-15-26)41-38(43-39)27-16-7-4-8-17-27/h3-24H,1-2H3. The van der Waals surface area contributed by atoms with E-state index in [9.17, 15) is 0 Å². The molecular weight excluding hydrogens is 536 g/mol. The van der Waals surface area contributed by atoms with Crippen LogP contribution >= 0.6 is 0 Å². The number of hydrogen-bond acceptors (Lipinski definition) is 3. The van der Waals surface area contributed by atoms with Gasteiger partial charge in [0.1, 0.15) is 0 Å². The fourth-order valence-corrected chi connectivity index (χ4v) is 7.08. The minimum atomic E-state index is -0.159. The quantitative estimate of drug-likeness (QED) is 0.215. The maximum absolute atomic E-state index is 5.12. The maximum atomic E-state index is 5.12. The maximum Gasteiger partial charge on any atom is 0.238 e. The largest absolute Gasteiger partial charge is 0.278 e. The zero-order chi connectivity index (χ0) is 29.4. The van der Waals surface area contributed by atoms with Gasteiger partial charge in [-0.3, -0.25) is 4.57 Å². The molecule has 0 fully saturated rings. The Morgan fingerprint density at radius 2 is 1.11 bits per heavy atom. The molecule has 0 spiro atoms. The van der Waals surface area contributed by atoms with Crippen molar-refractivity contribution in [3.63, 3.8) is 0 Å². The number of rotatable bonds is 3. The van der Waals surface area contributed by atoms with E-state index >= 15 is 0 Å². The summed E-state index contributed by atoms with van der Waals surface area (Å²) in [4.78, 5) is 15.2. The van der Waals surface area contributed by atoms with Crippen molar-refractivity contribution < 1.29 is 0 Å². The van der Waals surface area contributed by atoms with E-state index in [0.717, 1.165) is 22.2 Å². The lowest BCUT2D eigenvalue weighted by atomic mass is 9.82. The van der Waals surface area contributed by atoms with Crippen LogP contribution < -0.4 is 0 Å². The number of aromatic nitrogens is 4. The van der Waals surface area contributed by atoms with Gasteiger partial charge in [-0.05, 0) is 51.2 Å². The Morgan fingerprint density at radius 3 is 1.82 bits per heavy atom. The van der Waals surface area contributed by atoms with Crippen LogP contribution in [0.3, 0.4) is 0 Å². The minimum Gasteiger partial charge on any atom is -0.278 e. The average Bonchev–Trinajstić information content (AvgIpc) is 3.52. The van der Waals surface area contributed by atoms with Crippen molar-refractivity contribution >= 4 is 32.6 Å². The first-order chi connectivity index (χ1) is 21.6. The van der Waals surface area contributed by atoms with Gasteiger partial charge in [-0.15, -0.1) is 0 Å². The highest BCUT2D eigenvalue weighted by molar-refractivity contribution is 6.13. The summed E-state index contributed by atoms with van der Waals surface area (Å²) in [5.41, 5.74) is 9.27. The van der Waals surface area contributed by atoms with Gasteiger partial charge in [0.2, 0.25) is 5.95 Å². The van der Waals surface area contributed by atoms with Crippen molar-refractivity contribution in [2.45, 2.75) is 19.3 Å². The van der Waals surface area contributed by atoms with Crippen LogP contribution in [0.1, 0.15) is 25.0 Å². The van der Waals surface area contributed by atoms with Crippen LogP contribution in [0.5, 0.6) is 0 Å². The zero-order valence-corrected chi connectivity index (χ0v) is 24.5. The highest BCUT2D eigenvalue weighted by atomic mass is 15.2. The van der Waals surface area contributed by atoms with Crippen LogP contribution in [0.4, 0.5) is 0 Å². The molecule has 0 atom stereocenters. The highest BCUT2D eigenvalue weighted by Gasteiger charge is 2.37. The second kappa shape index (κ2) is 9.19. The van der Waals surface area contributed by atoms with E-state index in [1.54, 1.807) is 0 Å². The van der Waals surface area contributed by atoms with Crippen LogP contribution in [0.15, 0.2) is 133 Å². The van der Waals surface area contributed by atoms with Crippen LogP contribution in [-0.4, -0.2) is 19.5 Å². The fourth-order valence-electron chi connectivity index (χ4n) is 7.08. The monoisotopic (exact) mass is 564 g/mol. The van der Waals surface area contributed by atoms with Crippen molar-refractivity contribution in [3.05, 3.63) is 145 Å². The molecule has 44 heavy (non-hydrogen) atoms. The summed E-state index contributed by atoms with van der Waals surface area (Å²) in [5, 5.41) is 4.94. The third-order valence-electron chi connectivity index (χ3n) is 9.24. The molecule has 2 aromatic heterocycles. The summed E-state index contributed by atoms with van der Waals surface area (Å²) >= 11 is 0. The predicted molar refractivity (Wildman–Crippen MR) is 180 cm³/mol. The average molecular weight is 565 g/mol. The van der Waals surface area contributed by atoms with Gasteiger partial charge in [0.25, 0.3) is 0 Å². The van der Waals surface area contributed by atoms with Gasteiger partial charge in [0, 0.05) is 27.3 Å². The van der Waals surface area contributed by atoms with E-state index in [1.165, 1.54) is 43.8 Å². The predicted octanol–water partition coefficient (Wildman–Crippen LogP) is 9.76. The topological polar surface area (TPSA) is 43.6 Å². The van der Waals surface area contributed by atoms with Crippen molar-refractivity contribution in [3.8, 4) is 39.9 Å². The van der Waals surface area contributed by atoms with Gasteiger partial charge in [-0.1, -0.05) is 129 Å². The molecule has 0 aliphatic heterocycles. The van der Waals surface area contributed by atoms with E-state index in [4.69, 9.17) is 15.0 Å². The number of nitrogens with zero attached hydrogens (tertiary/aromatic N) is 4. The summed E-state index contributed by atoms with van der Waals surface area (Å²) < 4.78 is 2.22. The molecule has 0 amide bonds. The van der Waals surface area contributed by atoms with Crippen molar-refractivity contribution in [2.24, 2.45) is 0 Å². The molecule has 208 valence electrons. The molecule has 0 bridgehead atoms. The van der Waals surface area contributed by atoms with E-state index in [1.807, 2.05) is 36.4 Å². The Balaban J connectivity index is 1.37. The first-order valence-electron chi connectivity index (χ1n) is 15.1. The molecule has 4 heteroatoms. The summed E-state index contributed by atoms with van der Waals surface area (Å²) in [7, 11) is 0. The lowest BCUT2D eigenvalue weighted by Crippen LogP contribution is -2.15. The Labute approximate surface area is 255 Å². The first kappa shape index (κ1) is 24.9. The van der Waals surface area contributed by atoms with Crippen molar-refractivity contribution in [1.29, 1.82) is 0 Å². The lowest BCUT2D eigenvalue weighted by Gasteiger charge is -2.22. The van der Waals surface area contributed by atoms with E-state index in [-0.39, 0.29) is 5.41 Å². The fraction of sp³-hybridized carbons (Fsp3) is 0.0750. The third-order valence-corrected chi connectivity index (χ3v) is 9.24. The highest BCUT2D eigenvalue weighted by Crippen LogP contribution is 2.53. The lowest BCUT2D eigenvalue weighted by molar-refractivity contribution is 0.661. The summed E-state index contributed by atoms with van der Waals surface area (Å²) in [5.74, 6) is 1.92. The van der Waals surface area contributed by atoms with Gasteiger partial charge < -0.3 is 0 Å². The van der Waals surface area contributed by atoms with Gasteiger partial charge in [0.15, 0.2) is 11.6 Å². The van der Waals surface area contributed by atoms with Crippen LogP contribution in [-0.2, 0) is 5.41 Å². The first-order valence-corrected chi connectivity index (χ1v) is 15.1. The number of benzene rings is 6. The molecule has 8 aromatic rings. The summed E-state index contributed by atoms with van der Waals surface area (Å²) in [6.45, 7) is 4.68. The van der Waals surface area contributed by atoms with E-state index in [0.29, 0.717) is 17.6 Å². The van der Waals surface area contributed by atoms with Gasteiger partial charge >= 0.3 is 0 Å². The Morgan fingerprint density at radius 1 is 0.500 bits per heavy atom. The molecule has 9 rings (SSSR count). The Kier molecular flexibility index (Phi) is 5.21. The molecule has 0 N–H and O–H groups in total. The number of fused-ring (bicyclic) bond motifs is 8. The van der Waals surface area contributed by atoms with Crippen LogP contribution in [0.25, 0.3) is 72.4 Å². The molecule has 0 saturated carbocycles. The summed E-state index contributed by atoms with van der Waals surface area (Å²) in [6.07, 6.45) is 0. The second-order valence-electron chi connectivity index (χ2n) is 12.1. The zero-order valence-electron chi connectivity index (χ0n) is 24.5. The summed E-state index contributed by atoms with van der Waals surface area (Å²) in [6, 6.07) is 47.0. The van der Waals surface area contributed by atoms with Crippen LogP contribution in [0, 0.1) is 0 Å². The molecule has 0 saturated heterocycles. The number of hydrogen-bond donors (Lipinski definition) is 0. The molecular formula is C40H28N4. The van der Waals surface area contributed by atoms with Crippen molar-refractivity contribution in [1.82, 2.24) is 19.5 Å². The molecule has 0 unspecified atom stereocenters. The molecule has 0 radical (unpaired) electrons. The third kappa shape index (κ3) is 3.54. The van der Waals surface area contributed by atoms with Gasteiger partial charge in [0.05, 0.1) is 11.0 Å². The van der Waals surface area contributed by atoms with Crippen LogP contribution in [0.2, 0.25) is 0 Å². The SMILES string of the molecule is CC1(C)c2cc3c(cc2-c2c1ccc1ccccc21)c1ccccc1n3-c1nc(-c2ccccc2)nc(-c2ccccc2)n1. The Hall–Kier alpha value is -5.61. The molecule has 1 aliphatic rings. The molecule has 1 aliphatic carbocycles. The van der Waals surface area contributed by atoms with Gasteiger partial charge in [-0.25, -0.2) is 4.98 Å². The van der Waals surface area contributed by atoms with E-state index in [2.05, 4.69) is 115 Å². The Bertz CT molecular complexity index is 2350. The van der Waals surface area contributed by atoms with Crippen molar-refractivity contribution in [2.75, 3.05) is 0 Å². The second-order valence-corrected chi connectivity index (χ2v) is 12.1. The minimum absolute atomic E-state index is 0.159. The number of para-hydroxylation sites is 1. The molecule has 6 aromatic carbocycles. The van der Waals surface area contributed by atoms with E-state index < -0.39 is 0 Å². The van der Waals surface area contributed by atoms with Gasteiger partial charge in [-0.2, -0.15) is 9.97 Å².